The van der Waals surface area contributed by atoms with Crippen LogP contribution in [0.3, 0.4) is 0 Å². The van der Waals surface area contributed by atoms with Crippen molar-refractivity contribution >= 4 is 39.3 Å². The lowest BCUT2D eigenvalue weighted by Crippen LogP contribution is -2.11. The zero-order valence-corrected chi connectivity index (χ0v) is 18.9. The van der Waals surface area contributed by atoms with Crippen molar-refractivity contribution in [1.82, 2.24) is 25.2 Å². The molecule has 9 nitrogen and oxygen atoms in total. The van der Waals surface area contributed by atoms with Crippen molar-refractivity contribution in [2.24, 2.45) is 0 Å². The summed E-state index contributed by atoms with van der Waals surface area (Å²) in [5, 5.41) is 12.3. The molecule has 3 aromatic rings. The molecular formula is C19H19BrClN5O4. The second-order valence-electron chi connectivity index (χ2n) is 6.34. The maximum Gasteiger partial charge on any atom is 0.302 e. The molecule has 0 bridgehead atoms. The van der Waals surface area contributed by atoms with Crippen LogP contribution >= 0.6 is 27.5 Å². The van der Waals surface area contributed by atoms with E-state index in [1.165, 1.54) is 11.7 Å². The summed E-state index contributed by atoms with van der Waals surface area (Å²) in [6, 6.07) is 5.12. The van der Waals surface area contributed by atoms with Gasteiger partial charge in [0.2, 0.25) is 5.82 Å². The van der Waals surface area contributed by atoms with Crippen LogP contribution in [0.1, 0.15) is 34.1 Å². The molecule has 158 valence electrons. The molecule has 0 saturated carbocycles. The quantitative estimate of drug-likeness (QED) is 0.289. The lowest BCUT2D eigenvalue weighted by atomic mass is 9.99. The number of aromatic nitrogens is 5. The molecule has 30 heavy (non-hydrogen) atoms. The Bertz CT molecular complexity index is 1090. The number of rotatable bonds is 8. The molecule has 0 fully saturated rings. The van der Waals surface area contributed by atoms with Gasteiger partial charge in [-0.15, -0.1) is 21.8 Å². The SMILES string of the molecule is COc1ccc(C(=O)c2c(CCl)[nH]c(-c3nnn(CCOC(C)=O)n3)c2C)cc1Br. The first-order valence-corrected chi connectivity index (χ1v) is 10.3. The van der Waals surface area contributed by atoms with Crippen LogP contribution in [0.5, 0.6) is 5.75 Å². The molecule has 2 heterocycles. The van der Waals surface area contributed by atoms with E-state index in [4.69, 9.17) is 21.1 Å². The molecule has 11 heteroatoms. The van der Waals surface area contributed by atoms with Crippen molar-refractivity contribution in [2.75, 3.05) is 13.7 Å². The number of carbonyl (C=O) groups excluding carboxylic acids is 2. The van der Waals surface area contributed by atoms with Crippen molar-refractivity contribution in [3.05, 3.63) is 45.1 Å². The summed E-state index contributed by atoms with van der Waals surface area (Å²) >= 11 is 9.50. The van der Waals surface area contributed by atoms with Crippen LogP contribution in [-0.4, -0.2) is 50.7 Å². The minimum atomic E-state index is -0.379. The smallest absolute Gasteiger partial charge is 0.302 e. The summed E-state index contributed by atoms with van der Waals surface area (Å²) in [7, 11) is 1.56. The monoisotopic (exact) mass is 495 g/mol. The topological polar surface area (TPSA) is 112 Å². The van der Waals surface area contributed by atoms with Gasteiger partial charge < -0.3 is 14.5 Å². The lowest BCUT2D eigenvalue weighted by molar-refractivity contribution is -0.141. The maximum atomic E-state index is 13.2. The summed E-state index contributed by atoms with van der Waals surface area (Å²) in [4.78, 5) is 28.5. The van der Waals surface area contributed by atoms with Gasteiger partial charge in [-0.25, -0.2) is 0 Å². The van der Waals surface area contributed by atoms with Gasteiger partial charge in [-0.3, -0.25) is 9.59 Å². The third-order valence-electron chi connectivity index (χ3n) is 4.38. The van der Waals surface area contributed by atoms with E-state index in [1.54, 1.807) is 32.2 Å². The van der Waals surface area contributed by atoms with Gasteiger partial charge in [-0.1, -0.05) is 0 Å². The number of alkyl halides is 1. The van der Waals surface area contributed by atoms with Crippen LogP contribution in [0.15, 0.2) is 22.7 Å². The van der Waals surface area contributed by atoms with Gasteiger partial charge in [-0.2, -0.15) is 4.80 Å². The maximum absolute atomic E-state index is 13.2. The summed E-state index contributed by atoms with van der Waals surface area (Å²) in [5.41, 5.74) is 2.74. The Labute approximate surface area is 185 Å². The average Bonchev–Trinajstić information content (AvgIpc) is 3.31. The molecule has 2 aromatic heterocycles. The number of tetrazole rings is 1. The largest absolute Gasteiger partial charge is 0.496 e. The fraction of sp³-hybridized carbons (Fsp3) is 0.316. The fourth-order valence-electron chi connectivity index (χ4n) is 2.95. The van der Waals surface area contributed by atoms with E-state index in [0.29, 0.717) is 44.1 Å². The van der Waals surface area contributed by atoms with Gasteiger partial charge in [0.15, 0.2) is 5.78 Å². The Balaban J connectivity index is 1.91. The number of halogens is 2. The van der Waals surface area contributed by atoms with E-state index in [2.05, 4.69) is 36.3 Å². The minimum absolute atomic E-state index is 0.111. The first-order chi connectivity index (χ1) is 14.3. The molecule has 0 saturated heterocycles. The van der Waals surface area contributed by atoms with Gasteiger partial charge in [0.05, 0.1) is 29.7 Å². The zero-order chi connectivity index (χ0) is 21.8. The van der Waals surface area contributed by atoms with Crippen molar-refractivity contribution in [2.45, 2.75) is 26.3 Å². The highest BCUT2D eigenvalue weighted by Gasteiger charge is 2.24. The van der Waals surface area contributed by atoms with Crippen LogP contribution in [0, 0.1) is 6.92 Å². The molecular weight excluding hydrogens is 478 g/mol. The number of H-pyrrole nitrogens is 1. The van der Waals surface area contributed by atoms with E-state index in [9.17, 15) is 9.59 Å². The second kappa shape index (κ2) is 9.40. The van der Waals surface area contributed by atoms with Gasteiger partial charge in [-0.05, 0) is 51.8 Å². The molecule has 0 spiro atoms. The number of ketones is 1. The average molecular weight is 497 g/mol. The number of nitrogens with zero attached hydrogens (tertiary/aromatic N) is 4. The number of nitrogens with one attached hydrogen (secondary N) is 1. The Morgan fingerprint density at radius 3 is 2.73 bits per heavy atom. The molecule has 0 aliphatic carbocycles. The van der Waals surface area contributed by atoms with Crippen molar-refractivity contribution in [3.8, 4) is 17.3 Å². The van der Waals surface area contributed by atoms with Crippen molar-refractivity contribution in [3.63, 3.8) is 0 Å². The Morgan fingerprint density at radius 2 is 2.10 bits per heavy atom. The number of benzene rings is 1. The molecule has 0 aliphatic heterocycles. The molecule has 0 unspecified atom stereocenters. The van der Waals surface area contributed by atoms with E-state index in [0.717, 1.165) is 0 Å². The van der Waals surface area contributed by atoms with E-state index in [-0.39, 0.29) is 30.8 Å². The summed E-state index contributed by atoms with van der Waals surface area (Å²) in [6.07, 6.45) is 0. The number of carbonyl (C=O) groups is 2. The molecule has 1 aromatic carbocycles. The van der Waals surface area contributed by atoms with Gasteiger partial charge >= 0.3 is 5.97 Å². The minimum Gasteiger partial charge on any atom is -0.496 e. The molecule has 0 atom stereocenters. The Morgan fingerprint density at radius 1 is 1.33 bits per heavy atom. The Kier molecular flexibility index (Phi) is 6.88. The molecule has 0 aliphatic rings. The van der Waals surface area contributed by atoms with Crippen molar-refractivity contribution in [1.29, 1.82) is 0 Å². The highest BCUT2D eigenvalue weighted by atomic mass is 79.9. The van der Waals surface area contributed by atoms with Crippen LogP contribution in [0.4, 0.5) is 0 Å². The third kappa shape index (κ3) is 4.54. The highest BCUT2D eigenvalue weighted by molar-refractivity contribution is 9.10. The number of hydrogen-bond donors (Lipinski definition) is 1. The number of ether oxygens (including phenoxy) is 2. The fourth-order valence-corrected chi connectivity index (χ4v) is 3.69. The number of aromatic amines is 1. The third-order valence-corrected chi connectivity index (χ3v) is 5.26. The number of hydrogen-bond acceptors (Lipinski definition) is 7. The predicted octanol–water partition coefficient (Wildman–Crippen LogP) is 3.28. The summed E-state index contributed by atoms with van der Waals surface area (Å²) < 4.78 is 10.8. The second-order valence-corrected chi connectivity index (χ2v) is 7.46. The van der Waals surface area contributed by atoms with E-state index in [1.807, 2.05) is 0 Å². The van der Waals surface area contributed by atoms with E-state index >= 15 is 0 Å². The normalized spacial score (nSPS) is 10.8. The number of esters is 1. The highest BCUT2D eigenvalue weighted by Crippen LogP contribution is 2.31. The standard InChI is InChI=1S/C19H19BrClN5O4/c1-10-16(18(28)12-4-5-15(29-3)13(20)8-12)14(9-21)22-17(10)19-23-25-26(24-19)6-7-30-11(2)27/h4-5,8,22H,6-7,9H2,1-3H3. The van der Waals surface area contributed by atoms with Gasteiger partial charge in [0.25, 0.3) is 0 Å². The van der Waals surface area contributed by atoms with Crippen LogP contribution < -0.4 is 4.74 Å². The first-order valence-electron chi connectivity index (χ1n) is 8.92. The van der Waals surface area contributed by atoms with E-state index < -0.39 is 0 Å². The Hall–Kier alpha value is -2.72. The summed E-state index contributed by atoms with van der Waals surface area (Å²) in [6.45, 7) is 3.53. The molecule has 3 rings (SSSR count). The number of methoxy groups -OCH3 is 1. The lowest BCUT2D eigenvalue weighted by Gasteiger charge is -2.07. The van der Waals surface area contributed by atoms with Crippen molar-refractivity contribution < 1.29 is 19.1 Å². The molecule has 1 N–H and O–H groups in total. The van der Waals surface area contributed by atoms with Crippen LogP contribution in [0.25, 0.3) is 11.5 Å². The predicted molar refractivity (Wildman–Crippen MR) is 113 cm³/mol. The molecule has 0 amide bonds. The van der Waals surface area contributed by atoms with Gasteiger partial charge in [0.1, 0.15) is 12.4 Å². The van der Waals surface area contributed by atoms with Crippen LogP contribution in [-0.2, 0) is 22.0 Å². The first kappa shape index (κ1) is 22.0. The zero-order valence-electron chi connectivity index (χ0n) is 16.5. The van der Waals surface area contributed by atoms with Gasteiger partial charge in [0, 0.05) is 23.7 Å². The molecule has 0 radical (unpaired) electrons. The van der Waals surface area contributed by atoms with Crippen LogP contribution in [0.2, 0.25) is 0 Å². The summed E-state index contributed by atoms with van der Waals surface area (Å²) in [5.74, 6) is 0.494.